The summed E-state index contributed by atoms with van der Waals surface area (Å²) in [6.07, 6.45) is 1.26. The van der Waals surface area contributed by atoms with E-state index < -0.39 is 0 Å². The third kappa shape index (κ3) is 2.38. The molecule has 16 heavy (non-hydrogen) atoms. The van der Waals surface area contributed by atoms with Crippen LogP contribution in [0.25, 0.3) is 0 Å². The summed E-state index contributed by atoms with van der Waals surface area (Å²) in [7, 11) is 0. The minimum absolute atomic E-state index is 0.594. The molecule has 0 spiro atoms. The molecule has 0 radical (unpaired) electrons. The number of hydrogen-bond donors (Lipinski definition) is 1. The summed E-state index contributed by atoms with van der Waals surface area (Å²) >= 11 is 0. The Morgan fingerprint density at radius 3 is 2.94 bits per heavy atom. The van der Waals surface area contributed by atoms with E-state index in [-0.39, 0.29) is 0 Å². The van der Waals surface area contributed by atoms with Gasteiger partial charge in [0, 0.05) is 12.5 Å². The van der Waals surface area contributed by atoms with E-state index in [4.69, 9.17) is 4.74 Å². The minimum atomic E-state index is 0.594. The number of ether oxygens (including phenoxy) is 1. The van der Waals surface area contributed by atoms with Crippen LogP contribution in [0.15, 0.2) is 24.3 Å². The van der Waals surface area contributed by atoms with Crippen molar-refractivity contribution in [3.63, 3.8) is 0 Å². The number of hydrogen-bond acceptors (Lipinski definition) is 2. The van der Waals surface area contributed by atoms with Gasteiger partial charge < -0.3 is 10.1 Å². The average molecular weight is 219 g/mol. The largest absolute Gasteiger partial charge is 0.494 e. The van der Waals surface area contributed by atoms with Crippen LogP contribution < -0.4 is 10.1 Å². The van der Waals surface area contributed by atoms with E-state index in [0.717, 1.165) is 31.4 Å². The summed E-state index contributed by atoms with van der Waals surface area (Å²) < 4.78 is 5.71. The zero-order valence-corrected chi connectivity index (χ0v) is 10.2. The van der Waals surface area contributed by atoms with Crippen molar-refractivity contribution in [2.75, 3.05) is 19.7 Å². The molecule has 1 heterocycles. The fraction of sp³-hybridized carbons (Fsp3) is 0.571. The van der Waals surface area contributed by atoms with Gasteiger partial charge in [0.15, 0.2) is 0 Å². The van der Waals surface area contributed by atoms with Gasteiger partial charge in [-0.1, -0.05) is 25.1 Å². The number of para-hydroxylation sites is 1. The van der Waals surface area contributed by atoms with Gasteiger partial charge in [-0.05, 0) is 37.4 Å². The molecule has 0 amide bonds. The number of nitrogens with one attached hydrogen (secondary N) is 1. The third-order valence-corrected chi connectivity index (χ3v) is 3.45. The Labute approximate surface area is 98.0 Å². The van der Waals surface area contributed by atoms with Gasteiger partial charge in [-0.3, -0.25) is 0 Å². The molecule has 0 aromatic heterocycles. The Kier molecular flexibility index (Phi) is 3.83. The van der Waals surface area contributed by atoms with E-state index in [0.29, 0.717) is 5.92 Å². The van der Waals surface area contributed by atoms with Gasteiger partial charge in [-0.15, -0.1) is 0 Å². The summed E-state index contributed by atoms with van der Waals surface area (Å²) in [4.78, 5) is 0. The second kappa shape index (κ2) is 5.35. The molecule has 1 N–H and O–H groups in total. The quantitative estimate of drug-likeness (QED) is 0.844. The molecule has 2 heteroatoms. The zero-order chi connectivity index (χ0) is 11.4. The lowest BCUT2D eigenvalue weighted by Crippen LogP contribution is -2.34. The summed E-state index contributed by atoms with van der Waals surface area (Å²) in [5.74, 6) is 2.39. The van der Waals surface area contributed by atoms with Crippen molar-refractivity contribution in [2.45, 2.75) is 26.2 Å². The highest BCUT2D eigenvalue weighted by atomic mass is 16.5. The minimum Gasteiger partial charge on any atom is -0.494 e. The molecule has 1 fully saturated rings. The number of benzene rings is 1. The Bertz CT molecular complexity index is 337. The lowest BCUT2D eigenvalue weighted by Gasteiger charge is -2.31. The number of rotatable bonds is 3. The molecule has 0 saturated carbocycles. The maximum atomic E-state index is 5.71. The van der Waals surface area contributed by atoms with Crippen molar-refractivity contribution in [2.24, 2.45) is 5.92 Å². The standard InChI is InChI=1S/C14H21NO/c1-3-16-14-7-5-4-6-12(14)13-10-15-9-8-11(13)2/h4-7,11,13,15H,3,8-10H2,1-2H3. The Morgan fingerprint density at radius 2 is 2.19 bits per heavy atom. The highest BCUT2D eigenvalue weighted by Crippen LogP contribution is 2.34. The van der Waals surface area contributed by atoms with E-state index in [1.54, 1.807) is 0 Å². The molecule has 1 aromatic rings. The molecule has 1 aliphatic heterocycles. The smallest absolute Gasteiger partial charge is 0.122 e. The summed E-state index contributed by atoms with van der Waals surface area (Å²) in [5.41, 5.74) is 1.36. The van der Waals surface area contributed by atoms with Gasteiger partial charge in [-0.2, -0.15) is 0 Å². The lowest BCUT2D eigenvalue weighted by molar-refractivity contribution is 0.310. The van der Waals surface area contributed by atoms with Crippen LogP contribution in [0.2, 0.25) is 0 Å². The normalized spacial score (nSPS) is 25.4. The topological polar surface area (TPSA) is 21.3 Å². The first-order chi connectivity index (χ1) is 7.83. The van der Waals surface area contributed by atoms with Crippen molar-refractivity contribution in [3.05, 3.63) is 29.8 Å². The van der Waals surface area contributed by atoms with Gasteiger partial charge in [-0.25, -0.2) is 0 Å². The first-order valence-electron chi connectivity index (χ1n) is 6.25. The second-order valence-corrected chi connectivity index (χ2v) is 4.55. The lowest BCUT2D eigenvalue weighted by atomic mass is 9.82. The van der Waals surface area contributed by atoms with Gasteiger partial charge in [0.05, 0.1) is 6.61 Å². The predicted octanol–water partition coefficient (Wildman–Crippen LogP) is 2.80. The molecule has 2 unspecified atom stereocenters. The maximum Gasteiger partial charge on any atom is 0.122 e. The average Bonchev–Trinajstić information content (AvgIpc) is 2.31. The predicted molar refractivity (Wildman–Crippen MR) is 67.0 cm³/mol. The Balaban J connectivity index is 2.23. The molecule has 1 aromatic carbocycles. The van der Waals surface area contributed by atoms with Crippen LogP contribution >= 0.6 is 0 Å². The van der Waals surface area contributed by atoms with Crippen LogP contribution in [0, 0.1) is 5.92 Å². The molecule has 0 aliphatic carbocycles. The van der Waals surface area contributed by atoms with E-state index in [1.807, 2.05) is 6.92 Å². The van der Waals surface area contributed by atoms with Gasteiger partial charge >= 0.3 is 0 Å². The zero-order valence-electron chi connectivity index (χ0n) is 10.2. The molecule has 1 aliphatic rings. The fourth-order valence-electron chi connectivity index (χ4n) is 2.48. The fourth-order valence-corrected chi connectivity index (χ4v) is 2.48. The Hall–Kier alpha value is -1.02. The van der Waals surface area contributed by atoms with Crippen LogP contribution in [0.1, 0.15) is 31.7 Å². The molecule has 2 nitrogen and oxygen atoms in total. The van der Waals surface area contributed by atoms with Gasteiger partial charge in [0.25, 0.3) is 0 Å². The van der Waals surface area contributed by atoms with Crippen LogP contribution in [0.3, 0.4) is 0 Å². The molecule has 88 valence electrons. The van der Waals surface area contributed by atoms with Crippen LogP contribution in [-0.4, -0.2) is 19.7 Å². The first kappa shape index (κ1) is 11.5. The Morgan fingerprint density at radius 1 is 1.38 bits per heavy atom. The molecule has 1 saturated heterocycles. The maximum absolute atomic E-state index is 5.71. The molecule has 2 atom stereocenters. The SMILES string of the molecule is CCOc1ccccc1C1CNCCC1C. The van der Waals surface area contributed by atoms with Crippen molar-refractivity contribution in [3.8, 4) is 5.75 Å². The highest BCUT2D eigenvalue weighted by molar-refractivity contribution is 5.37. The number of piperidine rings is 1. The highest BCUT2D eigenvalue weighted by Gasteiger charge is 2.24. The van der Waals surface area contributed by atoms with E-state index in [2.05, 4.69) is 36.5 Å². The van der Waals surface area contributed by atoms with Crippen molar-refractivity contribution in [1.82, 2.24) is 5.32 Å². The van der Waals surface area contributed by atoms with Crippen molar-refractivity contribution >= 4 is 0 Å². The molecule has 2 rings (SSSR count). The summed E-state index contributed by atoms with van der Waals surface area (Å²) in [5, 5.41) is 3.48. The molecular weight excluding hydrogens is 198 g/mol. The van der Waals surface area contributed by atoms with E-state index >= 15 is 0 Å². The monoisotopic (exact) mass is 219 g/mol. The summed E-state index contributed by atoms with van der Waals surface area (Å²) in [6.45, 7) is 7.35. The van der Waals surface area contributed by atoms with Crippen molar-refractivity contribution < 1.29 is 4.74 Å². The van der Waals surface area contributed by atoms with E-state index in [9.17, 15) is 0 Å². The van der Waals surface area contributed by atoms with Crippen LogP contribution in [-0.2, 0) is 0 Å². The van der Waals surface area contributed by atoms with Crippen LogP contribution in [0.5, 0.6) is 5.75 Å². The van der Waals surface area contributed by atoms with Gasteiger partial charge in [0.2, 0.25) is 0 Å². The van der Waals surface area contributed by atoms with Gasteiger partial charge in [0.1, 0.15) is 5.75 Å². The van der Waals surface area contributed by atoms with E-state index in [1.165, 1.54) is 12.0 Å². The summed E-state index contributed by atoms with van der Waals surface area (Å²) in [6, 6.07) is 8.45. The van der Waals surface area contributed by atoms with Crippen molar-refractivity contribution in [1.29, 1.82) is 0 Å². The first-order valence-corrected chi connectivity index (χ1v) is 6.25. The van der Waals surface area contributed by atoms with Crippen LogP contribution in [0.4, 0.5) is 0 Å². The second-order valence-electron chi connectivity index (χ2n) is 4.55. The molecule has 0 bridgehead atoms. The third-order valence-electron chi connectivity index (χ3n) is 3.45. The molecular formula is C14H21NO.